The first-order chi connectivity index (χ1) is 11.1. The van der Waals surface area contributed by atoms with Crippen molar-refractivity contribution >= 4 is 22.0 Å². The van der Waals surface area contributed by atoms with Crippen LogP contribution in [0.15, 0.2) is 53.0 Å². The Balaban J connectivity index is 2.01. The molecule has 0 saturated heterocycles. The van der Waals surface area contributed by atoms with Crippen LogP contribution in [0.2, 0.25) is 0 Å². The predicted molar refractivity (Wildman–Crippen MR) is 90.3 cm³/mol. The zero-order valence-corrected chi connectivity index (χ0v) is 14.2. The molecule has 0 aliphatic rings. The fraction of sp³-hybridized carbons (Fsp3) is 0.235. The number of carbonyl (C=O) groups excluding carboxylic acids is 1. The number of aliphatic hydroxyl groups excluding tert-OH is 1. The lowest BCUT2D eigenvalue weighted by Crippen LogP contribution is -2.31. The second-order valence-electron chi connectivity index (χ2n) is 4.83. The van der Waals surface area contributed by atoms with E-state index < -0.39 is 12.1 Å². The van der Waals surface area contributed by atoms with Crippen molar-refractivity contribution in [2.24, 2.45) is 0 Å². The summed E-state index contributed by atoms with van der Waals surface area (Å²) in [6.45, 7) is -0.103. The third kappa shape index (κ3) is 4.97. The fourth-order valence-corrected chi connectivity index (χ4v) is 2.49. The molecule has 2 aromatic rings. The van der Waals surface area contributed by atoms with E-state index in [-0.39, 0.29) is 13.2 Å². The molecule has 2 N–H and O–H groups in total. The van der Waals surface area contributed by atoms with E-state index in [1.54, 1.807) is 12.1 Å². The molecule has 1 unspecified atom stereocenters. The molecular formula is C17H18BrNO4. The summed E-state index contributed by atoms with van der Waals surface area (Å²) in [7, 11) is 1.54. The summed E-state index contributed by atoms with van der Waals surface area (Å²) in [6.07, 6.45) is -0.602. The third-order valence-electron chi connectivity index (χ3n) is 3.25. The number of amides is 1. The number of halogens is 1. The van der Waals surface area contributed by atoms with E-state index in [1.807, 2.05) is 36.4 Å². The van der Waals surface area contributed by atoms with E-state index in [0.717, 1.165) is 10.0 Å². The largest absolute Gasteiger partial charge is 0.496 e. The van der Waals surface area contributed by atoms with Gasteiger partial charge in [0.1, 0.15) is 12.4 Å². The zero-order valence-electron chi connectivity index (χ0n) is 12.7. The molecule has 0 saturated carbocycles. The molecule has 1 atom stereocenters. The molecule has 0 aromatic heterocycles. The Morgan fingerprint density at radius 1 is 1.26 bits per heavy atom. The van der Waals surface area contributed by atoms with Crippen LogP contribution in [-0.4, -0.2) is 24.9 Å². The van der Waals surface area contributed by atoms with Gasteiger partial charge in [0.2, 0.25) is 0 Å². The Hall–Kier alpha value is -2.05. The highest BCUT2D eigenvalue weighted by Gasteiger charge is 2.19. The molecule has 2 rings (SSSR count). The number of carbonyl (C=O) groups is 1. The van der Waals surface area contributed by atoms with Gasteiger partial charge >= 0.3 is 6.09 Å². The van der Waals surface area contributed by atoms with E-state index in [1.165, 1.54) is 7.11 Å². The summed E-state index contributed by atoms with van der Waals surface area (Å²) >= 11 is 3.37. The average molecular weight is 380 g/mol. The highest BCUT2D eigenvalue weighted by atomic mass is 79.9. The minimum absolute atomic E-state index is 0.167. The predicted octanol–water partition coefficient (Wildman–Crippen LogP) is 3.42. The Morgan fingerprint density at radius 3 is 2.65 bits per heavy atom. The molecule has 0 bridgehead atoms. The van der Waals surface area contributed by atoms with Crippen LogP contribution in [0.4, 0.5) is 4.79 Å². The maximum atomic E-state index is 11.9. The van der Waals surface area contributed by atoms with Crippen LogP contribution in [0.3, 0.4) is 0 Å². The van der Waals surface area contributed by atoms with Gasteiger partial charge < -0.3 is 19.9 Å². The first-order valence-corrected chi connectivity index (χ1v) is 7.85. The van der Waals surface area contributed by atoms with Crippen LogP contribution >= 0.6 is 15.9 Å². The van der Waals surface area contributed by atoms with E-state index >= 15 is 0 Å². The van der Waals surface area contributed by atoms with E-state index in [4.69, 9.17) is 9.47 Å². The minimum Gasteiger partial charge on any atom is -0.496 e. The van der Waals surface area contributed by atoms with Crippen LogP contribution in [0.25, 0.3) is 0 Å². The van der Waals surface area contributed by atoms with Crippen molar-refractivity contribution < 1.29 is 19.4 Å². The van der Waals surface area contributed by atoms with E-state index in [9.17, 15) is 9.90 Å². The number of rotatable bonds is 6. The van der Waals surface area contributed by atoms with Gasteiger partial charge in [0, 0.05) is 10.0 Å². The Kier molecular flexibility index (Phi) is 6.43. The minimum atomic E-state index is -0.620. The normalized spacial score (nSPS) is 11.6. The summed E-state index contributed by atoms with van der Waals surface area (Å²) in [5, 5.41) is 12.2. The molecule has 0 aliphatic carbocycles. The van der Waals surface area contributed by atoms with Crippen LogP contribution < -0.4 is 10.1 Å². The molecule has 23 heavy (non-hydrogen) atoms. The summed E-state index contributed by atoms with van der Waals surface area (Å²) < 4.78 is 11.3. The summed E-state index contributed by atoms with van der Waals surface area (Å²) in [4.78, 5) is 11.9. The smallest absolute Gasteiger partial charge is 0.408 e. The van der Waals surface area contributed by atoms with Crippen LogP contribution in [0.1, 0.15) is 17.2 Å². The van der Waals surface area contributed by atoms with Gasteiger partial charge in [-0.05, 0) is 23.8 Å². The molecule has 0 spiro atoms. The van der Waals surface area contributed by atoms with E-state index in [0.29, 0.717) is 11.3 Å². The number of aliphatic hydroxyl groups is 1. The van der Waals surface area contributed by atoms with Gasteiger partial charge in [-0.3, -0.25) is 0 Å². The summed E-state index contributed by atoms with van der Waals surface area (Å²) in [6, 6.07) is 14.1. The van der Waals surface area contributed by atoms with E-state index in [2.05, 4.69) is 21.2 Å². The molecule has 2 aromatic carbocycles. The lowest BCUT2D eigenvalue weighted by atomic mass is 10.1. The van der Waals surface area contributed by atoms with Gasteiger partial charge in [-0.1, -0.05) is 46.3 Å². The number of methoxy groups -OCH3 is 1. The molecule has 1 amide bonds. The van der Waals surface area contributed by atoms with Crippen LogP contribution in [0, 0.1) is 0 Å². The molecule has 0 radical (unpaired) electrons. The SMILES string of the molecule is COc1ccc(Br)cc1C(CO)NC(=O)OCc1ccccc1. The molecule has 0 fully saturated rings. The lowest BCUT2D eigenvalue weighted by molar-refractivity contribution is 0.129. The van der Waals surface area contributed by atoms with Crippen molar-refractivity contribution in [1.29, 1.82) is 0 Å². The van der Waals surface area contributed by atoms with Gasteiger partial charge in [-0.25, -0.2) is 4.79 Å². The molecule has 122 valence electrons. The van der Waals surface area contributed by atoms with Crippen molar-refractivity contribution in [3.63, 3.8) is 0 Å². The Morgan fingerprint density at radius 2 is 2.00 bits per heavy atom. The number of hydrogen-bond acceptors (Lipinski definition) is 4. The average Bonchev–Trinajstić information content (AvgIpc) is 2.58. The number of alkyl carbamates (subject to hydrolysis) is 1. The van der Waals surface area contributed by atoms with Gasteiger partial charge in [-0.2, -0.15) is 0 Å². The van der Waals surface area contributed by atoms with Gasteiger partial charge in [0.05, 0.1) is 19.8 Å². The molecular weight excluding hydrogens is 362 g/mol. The Bertz CT molecular complexity index is 648. The van der Waals surface area contributed by atoms with Crippen molar-refractivity contribution in [2.45, 2.75) is 12.6 Å². The lowest BCUT2D eigenvalue weighted by Gasteiger charge is -2.19. The zero-order chi connectivity index (χ0) is 16.7. The maximum Gasteiger partial charge on any atom is 0.408 e. The molecule has 6 heteroatoms. The monoisotopic (exact) mass is 379 g/mol. The van der Waals surface area contributed by atoms with Crippen molar-refractivity contribution in [1.82, 2.24) is 5.32 Å². The Labute approximate surface area is 143 Å². The number of ether oxygens (including phenoxy) is 2. The van der Waals surface area contributed by atoms with Crippen molar-refractivity contribution in [3.05, 3.63) is 64.1 Å². The van der Waals surface area contributed by atoms with Gasteiger partial charge in [0.25, 0.3) is 0 Å². The topological polar surface area (TPSA) is 67.8 Å². The first-order valence-electron chi connectivity index (χ1n) is 7.05. The second kappa shape index (κ2) is 8.55. The highest BCUT2D eigenvalue weighted by molar-refractivity contribution is 9.10. The van der Waals surface area contributed by atoms with Crippen molar-refractivity contribution in [2.75, 3.05) is 13.7 Å². The quantitative estimate of drug-likeness (QED) is 0.806. The standard InChI is InChI=1S/C17H18BrNO4/c1-22-16-8-7-13(18)9-14(16)15(10-20)19-17(21)23-11-12-5-3-2-4-6-12/h2-9,15,20H,10-11H2,1H3,(H,19,21). The maximum absolute atomic E-state index is 11.9. The van der Waals surface area contributed by atoms with Crippen molar-refractivity contribution in [3.8, 4) is 5.75 Å². The third-order valence-corrected chi connectivity index (χ3v) is 3.75. The summed E-state index contributed by atoms with van der Waals surface area (Å²) in [5.74, 6) is 0.579. The molecule has 0 heterocycles. The van der Waals surface area contributed by atoms with Crippen LogP contribution in [0.5, 0.6) is 5.75 Å². The summed E-state index contributed by atoms with van der Waals surface area (Å²) in [5.41, 5.74) is 1.56. The van der Waals surface area contributed by atoms with Crippen LogP contribution in [-0.2, 0) is 11.3 Å². The van der Waals surface area contributed by atoms with Gasteiger partial charge in [0.15, 0.2) is 0 Å². The fourth-order valence-electron chi connectivity index (χ4n) is 2.11. The molecule has 5 nitrogen and oxygen atoms in total. The number of hydrogen-bond donors (Lipinski definition) is 2. The van der Waals surface area contributed by atoms with Gasteiger partial charge in [-0.15, -0.1) is 0 Å². The molecule has 0 aliphatic heterocycles. The first kappa shape index (κ1) is 17.3. The number of benzene rings is 2. The second-order valence-corrected chi connectivity index (χ2v) is 5.74. The highest BCUT2D eigenvalue weighted by Crippen LogP contribution is 2.28. The number of nitrogens with one attached hydrogen (secondary N) is 1.